The van der Waals surface area contributed by atoms with Crippen molar-refractivity contribution in [1.29, 1.82) is 0 Å². The van der Waals surface area contributed by atoms with Crippen molar-refractivity contribution in [2.24, 2.45) is 17.8 Å². The molecular formula is C37H50BrN3O7. The molecule has 3 amide bonds. The Balaban J connectivity index is 1.49. The standard InChI is InChI=1S/C37H50BrN3O7/c1-5-7-18-29(43)47-22-27(24-14-10-8-11-15-24)39-34(44)30-31-35(45)41(28(21-42)23(3)4)33(37(31)20-26(38)32(30)48-37)36(46)40(19-6-2)25-16-12-9-13-17-25/h5-6,8,10-11,14-15,23,25-28,30-33,42H,1-2,7,9,12-13,16-22H2,3-4H3,(H,39,44)/t26?,27-,28-,30+,31-,32+,33+,37-/m0/s1. The molecule has 3 heterocycles. The van der Waals surface area contributed by atoms with Crippen LogP contribution in [0.15, 0.2) is 55.6 Å². The van der Waals surface area contributed by atoms with Gasteiger partial charge in [0.1, 0.15) is 18.2 Å². The molecule has 1 unspecified atom stereocenters. The van der Waals surface area contributed by atoms with E-state index in [0.29, 0.717) is 19.4 Å². The summed E-state index contributed by atoms with van der Waals surface area (Å²) in [5.74, 6) is -3.37. The first-order valence-electron chi connectivity index (χ1n) is 17.4. The number of hydrogen-bond acceptors (Lipinski definition) is 7. The fourth-order valence-electron chi connectivity index (χ4n) is 8.37. The molecule has 3 saturated heterocycles. The van der Waals surface area contributed by atoms with E-state index >= 15 is 0 Å². The molecule has 1 saturated carbocycles. The van der Waals surface area contributed by atoms with Crippen LogP contribution in [0.3, 0.4) is 0 Å². The Labute approximate surface area is 292 Å². The molecule has 0 radical (unpaired) electrons. The fourth-order valence-corrected chi connectivity index (χ4v) is 9.32. The van der Waals surface area contributed by atoms with E-state index in [1.54, 1.807) is 17.1 Å². The number of halogens is 1. The molecule has 0 aromatic heterocycles. The molecule has 2 bridgehead atoms. The summed E-state index contributed by atoms with van der Waals surface area (Å²) in [4.78, 5) is 59.5. The molecule has 10 nitrogen and oxygen atoms in total. The molecule has 4 fully saturated rings. The number of aliphatic hydroxyl groups excluding tert-OH is 1. The van der Waals surface area contributed by atoms with Crippen LogP contribution in [-0.4, -0.2) is 93.0 Å². The van der Waals surface area contributed by atoms with Crippen LogP contribution in [0.25, 0.3) is 0 Å². The summed E-state index contributed by atoms with van der Waals surface area (Å²) in [7, 11) is 0. The Bertz CT molecular complexity index is 1350. The second kappa shape index (κ2) is 15.7. The smallest absolute Gasteiger partial charge is 0.306 e. The quantitative estimate of drug-likeness (QED) is 0.155. The van der Waals surface area contributed by atoms with Crippen molar-refractivity contribution in [2.75, 3.05) is 19.8 Å². The molecule has 48 heavy (non-hydrogen) atoms. The van der Waals surface area contributed by atoms with E-state index in [0.717, 1.165) is 37.7 Å². The van der Waals surface area contributed by atoms with E-state index in [1.807, 2.05) is 49.1 Å². The zero-order chi connectivity index (χ0) is 34.6. The number of allylic oxidation sites excluding steroid dienone is 1. The maximum atomic E-state index is 14.9. The summed E-state index contributed by atoms with van der Waals surface area (Å²) in [6.45, 7) is 11.3. The van der Waals surface area contributed by atoms with Crippen LogP contribution in [0, 0.1) is 17.8 Å². The largest absolute Gasteiger partial charge is 0.463 e. The van der Waals surface area contributed by atoms with E-state index in [1.165, 1.54) is 0 Å². The Morgan fingerprint density at radius 1 is 1.17 bits per heavy atom. The Morgan fingerprint density at radius 2 is 1.88 bits per heavy atom. The number of nitrogens with zero attached hydrogens (tertiary/aromatic N) is 2. The highest BCUT2D eigenvalue weighted by Crippen LogP contribution is 2.61. The Morgan fingerprint density at radius 3 is 2.50 bits per heavy atom. The van der Waals surface area contributed by atoms with Crippen LogP contribution in [-0.2, 0) is 28.7 Å². The van der Waals surface area contributed by atoms with Crippen LogP contribution in [0.5, 0.6) is 0 Å². The SMILES string of the molecule is C=CCCC(=O)OC[C@H](NC(=O)[C@H]1[C@@H]2O[C@@]3(CC2Br)[C@@H]1C(=O)N([C@@H](CO)C(C)C)[C@@H]3C(=O)N(CC=C)C1CCCCC1)c1ccccc1. The number of alkyl halides is 1. The summed E-state index contributed by atoms with van der Waals surface area (Å²) in [5.41, 5.74) is -0.512. The van der Waals surface area contributed by atoms with Gasteiger partial charge >= 0.3 is 5.97 Å². The first-order chi connectivity index (χ1) is 23.1. The number of benzene rings is 1. The van der Waals surface area contributed by atoms with E-state index in [-0.39, 0.29) is 48.2 Å². The minimum absolute atomic E-state index is 0.0153. The molecule has 1 aromatic carbocycles. The van der Waals surface area contributed by atoms with Crippen molar-refractivity contribution in [3.05, 3.63) is 61.2 Å². The number of nitrogens with one attached hydrogen (secondary N) is 1. The van der Waals surface area contributed by atoms with Crippen molar-refractivity contribution in [3.63, 3.8) is 0 Å². The molecule has 1 aromatic rings. The van der Waals surface area contributed by atoms with Crippen LogP contribution in [0.1, 0.15) is 76.8 Å². The topological polar surface area (TPSA) is 125 Å². The number of rotatable bonds is 15. The van der Waals surface area contributed by atoms with Gasteiger partial charge in [0, 0.05) is 23.8 Å². The van der Waals surface area contributed by atoms with Crippen LogP contribution < -0.4 is 5.32 Å². The van der Waals surface area contributed by atoms with Gasteiger partial charge < -0.3 is 29.7 Å². The maximum Gasteiger partial charge on any atom is 0.306 e. The van der Waals surface area contributed by atoms with Gasteiger partial charge in [0.2, 0.25) is 17.7 Å². The first kappa shape index (κ1) is 36.3. The lowest BCUT2D eigenvalue weighted by atomic mass is 9.70. The number of esters is 1. The first-order valence-corrected chi connectivity index (χ1v) is 18.3. The monoisotopic (exact) mass is 727 g/mol. The predicted octanol–water partition coefficient (Wildman–Crippen LogP) is 4.47. The van der Waals surface area contributed by atoms with Gasteiger partial charge in [0.05, 0.1) is 36.6 Å². The van der Waals surface area contributed by atoms with Crippen molar-refractivity contribution in [2.45, 2.75) is 106 Å². The second-order valence-electron chi connectivity index (χ2n) is 14.0. The molecule has 3 aliphatic heterocycles. The summed E-state index contributed by atoms with van der Waals surface area (Å²) >= 11 is 3.76. The average Bonchev–Trinajstić information content (AvgIpc) is 3.68. The highest BCUT2D eigenvalue weighted by atomic mass is 79.9. The van der Waals surface area contributed by atoms with E-state index in [4.69, 9.17) is 9.47 Å². The van der Waals surface area contributed by atoms with Gasteiger partial charge in [-0.05, 0) is 37.2 Å². The molecule has 8 atom stereocenters. The third-order valence-electron chi connectivity index (χ3n) is 10.7. The molecule has 1 spiro atoms. The van der Waals surface area contributed by atoms with Gasteiger partial charge in [-0.2, -0.15) is 0 Å². The number of carbonyl (C=O) groups excluding carboxylic acids is 4. The van der Waals surface area contributed by atoms with Crippen molar-refractivity contribution < 1.29 is 33.8 Å². The molecule has 2 N–H and O–H groups in total. The number of hydrogen-bond donors (Lipinski definition) is 2. The lowest BCUT2D eigenvalue weighted by molar-refractivity contribution is -0.154. The maximum absolute atomic E-state index is 14.9. The molecule has 262 valence electrons. The normalized spacial score (nSPS) is 29.3. The molecular weight excluding hydrogens is 678 g/mol. The lowest BCUT2D eigenvalue weighted by Gasteiger charge is -2.43. The van der Waals surface area contributed by atoms with Gasteiger partial charge in [-0.25, -0.2) is 0 Å². The number of fused-ring (bicyclic) bond motifs is 1. The van der Waals surface area contributed by atoms with E-state index < -0.39 is 53.5 Å². The van der Waals surface area contributed by atoms with Gasteiger partial charge in [0.25, 0.3) is 0 Å². The summed E-state index contributed by atoms with van der Waals surface area (Å²) in [6, 6.07) is 6.94. The number of likely N-dealkylation sites (tertiary alicyclic amines) is 1. The lowest BCUT2D eigenvalue weighted by Crippen LogP contribution is -2.61. The highest BCUT2D eigenvalue weighted by molar-refractivity contribution is 9.09. The predicted molar refractivity (Wildman–Crippen MR) is 185 cm³/mol. The van der Waals surface area contributed by atoms with E-state index in [2.05, 4.69) is 34.4 Å². The van der Waals surface area contributed by atoms with Crippen LogP contribution >= 0.6 is 15.9 Å². The average molecular weight is 729 g/mol. The zero-order valence-electron chi connectivity index (χ0n) is 28.1. The van der Waals surface area contributed by atoms with Crippen molar-refractivity contribution >= 4 is 39.6 Å². The summed E-state index contributed by atoms with van der Waals surface area (Å²) in [5, 5.41) is 13.7. The summed E-state index contributed by atoms with van der Waals surface area (Å²) < 4.78 is 12.3. The third kappa shape index (κ3) is 6.87. The number of aliphatic hydroxyl groups is 1. The minimum atomic E-state index is -1.26. The van der Waals surface area contributed by atoms with Crippen molar-refractivity contribution in [1.82, 2.24) is 15.1 Å². The number of amides is 3. The molecule has 1 aliphatic carbocycles. The van der Waals surface area contributed by atoms with Crippen LogP contribution in [0.2, 0.25) is 0 Å². The number of carbonyl (C=O) groups is 4. The summed E-state index contributed by atoms with van der Waals surface area (Å²) in [6.07, 6.45) is 8.66. The van der Waals surface area contributed by atoms with Gasteiger partial charge in [-0.3, -0.25) is 19.2 Å². The molecule has 11 heteroatoms. The number of ether oxygens (including phenoxy) is 2. The van der Waals surface area contributed by atoms with Gasteiger partial charge in [-0.15, -0.1) is 13.2 Å². The third-order valence-corrected chi connectivity index (χ3v) is 11.5. The highest BCUT2D eigenvalue weighted by Gasteiger charge is 2.77. The van der Waals surface area contributed by atoms with Gasteiger partial charge in [0.15, 0.2) is 0 Å². The van der Waals surface area contributed by atoms with E-state index in [9.17, 15) is 24.3 Å². The molecule has 5 rings (SSSR count). The zero-order valence-corrected chi connectivity index (χ0v) is 29.7. The Hall–Kier alpha value is -3.02. The fraction of sp³-hybridized carbons (Fsp3) is 0.622. The van der Waals surface area contributed by atoms with Gasteiger partial charge in [-0.1, -0.05) is 91.5 Å². The minimum Gasteiger partial charge on any atom is -0.463 e. The van der Waals surface area contributed by atoms with Crippen molar-refractivity contribution in [3.8, 4) is 0 Å². The second-order valence-corrected chi connectivity index (χ2v) is 15.1. The van der Waals surface area contributed by atoms with Crippen LogP contribution in [0.4, 0.5) is 0 Å². The Kier molecular flexibility index (Phi) is 11.8. The molecule has 4 aliphatic rings.